The van der Waals surface area contributed by atoms with Gasteiger partial charge in [-0.15, -0.1) is 0 Å². The first-order valence-electron chi connectivity index (χ1n) is 6.60. The number of carbonyl (C=O) groups is 1. The zero-order valence-electron chi connectivity index (χ0n) is 11.2. The molecule has 0 radical (unpaired) electrons. The molecular weight excluding hydrogens is 250 g/mol. The van der Waals surface area contributed by atoms with E-state index in [1.807, 2.05) is 66.1 Å². The van der Waals surface area contributed by atoms with Gasteiger partial charge in [0.05, 0.1) is 0 Å². The van der Waals surface area contributed by atoms with Crippen LogP contribution in [-0.2, 0) is 0 Å². The second kappa shape index (κ2) is 5.17. The monoisotopic (exact) mass is 265 g/mol. The Kier molecular flexibility index (Phi) is 3.21. The second-order valence-corrected chi connectivity index (χ2v) is 4.48. The van der Waals surface area contributed by atoms with Gasteiger partial charge in [-0.05, 0) is 31.2 Å². The van der Waals surface area contributed by atoms with Gasteiger partial charge < -0.3 is 9.30 Å². The number of aromatic nitrogens is 2. The van der Waals surface area contributed by atoms with Crippen LogP contribution in [0.3, 0.4) is 0 Å². The Labute approximate surface area is 117 Å². The van der Waals surface area contributed by atoms with Crippen LogP contribution in [0.4, 0.5) is 5.69 Å². The van der Waals surface area contributed by atoms with Gasteiger partial charge in [-0.2, -0.15) is 0 Å². The van der Waals surface area contributed by atoms with Crippen molar-refractivity contribution in [1.82, 2.24) is 9.38 Å². The number of rotatable bonds is 3. The van der Waals surface area contributed by atoms with Gasteiger partial charge in [-0.3, -0.25) is 4.79 Å². The smallest absolute Gasteiger partial charge is 0.278 e. The van der Waals surface area contributed by atoms with E-state index in [2.05, 4.69) is 4.98 Å². The summed E-state index contributed by atoms with van der Waals surface area (Å²) in [5, 5.41) is 0. The molecule has 0 spiro atoms. The van der Waals surface area contributed by atoms with E-state index >= 15 is 0 Å². The lowest BCUT2D eigenvalue weighted by molar-refractivity contribution is 0.0984. The van der Waals surface area contributed by atoms with Gasteiger partial charge in [-0.1, -0.05) is 24.3 Å². The number of nitrogens with zero attached hydrogens (tertiary/aromatic N) is 3. The van der Waals surface area contributed by atoms with Crippen molar-refractivity contribution < 1.29 is 4.79 Å². The fraction of sp³-hybridized carbons (Fsp3) is 0.125. The molecule has 0 aliphatic carbocycles. The third-order valence-corrected chi connectivity index (χ3v) is 3.21. The van der Waals surface area contributed by atoms with Crippen molar-refractivity contribution in [2.24, 2.45) is 0 Å². The topological polar surface area (TPSA) is 37.6 Å². The minimum Gasteiger partial charge on any atom is -0.307 e. The summed E-state index contributed by atoms with van der Waals surface area (Å²) in [6.45, 7) is 2.57. The third kappa shape index (κ3) is 2.16. The average Bonchev–Trinajstić information content (AvgIpc) is 2.93. The molecule has 0 bridgehead atoms. The van der Waals surface area contributed by atoms with Crippen LogP contribution in [0.15, 0.2) is 60.9 Å². The zero-order valence-corrected chi connectivity index (χ0v) is 11.2. The van der Waals surface area contributed by atoms with Crippen molar-refractivity contribution in [1.29, 1.82) is 0 Å². The van der Waals surface area contributed by atoms with Gasteiger partial charge in [0.15, 0.2) is 0 Å². The summed E-state index contributed by atoms with van der Waals surface area (Å²) in [6.07, 6.45) is 3.65. The maximum atomic E-state index is 12.6. The molecule has 0 aliphatic rings. The molecule has 2 heterocycles. The van der Waals surface area contributed by atoms with E-state index in [0.717, 1.165) is 11.3 Å². The van der Waals surface area contributed by atoms with Crippen molar-refractivity contribution in [2.45, 2.75) is 6.92 Å². The second-order valence-electron chi connectivity index (χ2n) is 4.48. The molecule has 0 saturated carbocycles. The summed E-state index contributed by atoms with van der Waals surface area (Å²) in [5.41, 5.74) is 2.12. The highest BCUT2D eigenvalue weighted by Crippen LogP contribution is 2.16. The number of amides is 1. The van der Waals surface area contributed by atoms with Crippen LogP contribution >= 0.6 is 0 Å². The number of fused-ring (bicyclic) bond motifs is 1. The molecule has 2 aromatic heterocycles. The number of benzene rings is 1. The quantitative estimate of drug-likeness (QED) is 0.730. The maximum absolute atomic E-state index is 12.6. The number of pyridine rings is 1. The van der Waals surface area contributed by atoms with Crippen molar-refractivity contribution in [2.75, 3.05) is 11.4 Å². The molecule has 3 aromatic rings. The minimum atomic E-state index is -0.0811. The summed E-state index contributed by atoms with van der Waals surface area (Å²) in [7, 11) is 0. The number of anilines is 1. The SMILES string of the molecule is CCN(C(=O)c1cn2ccccc2n1)c1ccccc1. The minimum absolute atomic E-state index is 0.0811. The number of hydrogen-bond acceptors (Lipinski definition) is 2. The predicted octanol–water partition coefficient (Wildman–Crippen LogP) is 3.00. The molecule has 4 heteroatoms. The zero-order chi connectivity index (χ0) is 13.9. The van der Waals surface area contributed by atoms with Crippen molar-refractivity contribution in [3.63, 3.8) is 0 Å². The summed E-state index contributed by atoms with van der Waals surface area (Å²) >= 11 is 0. The number of para-hydroxylation sites is 1. The largest absolute Gasteiger partial charge is 0.307 e. The van der Waals surface area contributed by atoms with E-state index in [-0.39, 0.29) is 5.91 Å². The fourth-order valence-corrected chi connectivity index (χ4v) is 2.23. The van der Waals surface area contributed by atoms with Gasteiger partial charge in [-0.25, -0.2) is 4.98 Å². The predicted molar refractivity (Wildman–Crippen MR) is 79.0 cm³/mol. The Morgan fingerprint density at radius 2 is 1.90 bits per heavy atom. The molecule has 0 atom stereocenters. The van der Waals surface area contributed by atoms with E-state index in [0.29, 0.717) is 12.2 Å². The number of imidazole rings is 1. The normalized spacial score (nSPS) is 10.7. The molecule has 20 heavy (non-hydrogen) atoms. The van der Waals surface area contributed by atoms with Crippen LogP contribution in [0.1, 0.15) is 17.4 Å². The van der Waals surface area contributed by atoms with Gasteiger partial charge in [0.25, 0.3) is 5.91 Å². The molecule has 3 rings (SSSR count). The molecule has 100 valence electrons. The van der Waals surface area contributed by atoms with Gasteiger partial charge >= 0.3 is 0 Å². The molecular formula is C16H15N3O. The molecule has 0 aliphatic heterocycles. The third-order valence-electron chi connectivity index (χ3n) is 3.21. The Morgan fingerprint density at radius 1 is 1.15 bits per heavy atom. The number of carbonyl (C=O) groups excluding carboxylic acids is 1. The Hall–Kier alpha value is -2.62. The summed E-state index contributed by atoms with van der Waals surface area (Å²) < 4.78 is 1.85. The van der Waals surface area contributed by atoms with Gasteiger partial charge in [0.1, 0.15) is 11.3 Å². The van der Waals surface area contributed by atoms with E-state index in [1.54, 1.807) is 11.1 Å². The fourth-order valence-electron chi connectivity index (χ4n) is 2.23. The summed E-state index contributed by atoms with van der Waals surface area (Å²) in [5.74, 6) is -0.0811. The number of hydrogen-bond donors (Lipinski definition) is 0. The van der Waals surface area contributed by atoms with E-state index in [4.69, 9.17) is 0 Å². The first kappa shape index (κ1) is 12.4. The first-order valence-corrected chi connectivity index (χ1v) is 6.60. The van der Waals surface area contributed by atoms with Gasteiger partial charge in [0.2, 0.25) is 0 Å². The summed E-state index contributed by atoms with van der Waals surface area (Å²) in [4.78, 5) is 18.7. The molecule has 1 amide bonds. The van der Waals surface area contributed by atoms with Crippen molar-refractivity contribution >= 4 is 17.2 Å². The Bertz CT molecular complexity index is 701. The van der Waals surface area contributed by atoms with Gasteiger partial charge in [0, 0.05) is 24.6 Å². The van der Waals surface area contributed by atoms with E-state index in [9.17, 15) is 4.79 Å². The highest BCUT2D eigenvalue weighted by Gasteiger charge is 2.18. The Morgan fingerprint density at radius 3 is 2.60 bits per heavy atom. The van der Waals surface area contributed by atoms with Crippen LogP contribution in [0.5, 0.6) is 0 Å². The Balaban J connectivity index is 1.98. The molecule has 0 N–H and O–H groups in total. The highest BCUT2D eigenvalue weighted by atomic mass is 16.2. The van der Waals surface area contributed by atoms with Crippen molar-refractivity contribution in [3.8, 4) is 0 Å². The van der Waals surface area contributed by atoms with Crippen LogP contribution in [0.2, 0.25) is 0 Å². The average molecular weight is 265 g/mol. The molecule has 0 saturated heterocycles. The maximum Gasteiger partial charge on any atom is 0.278 e. The first-order chi connectivity index (χ1) is 9.79. The highest BCUT2D eigenvalue weighted by molar-refractivity contribution is 6.05. The molecule has 1 aromatic carbocycles. The lowest BCUT2D eigenvalue weighted by Gasteiger charge is -2.19. The summed E-state index contributed by atoms with van der Waals surface area (Å²) in [6, 6.07) is 15.4. The van der Waals surface area contributed by atoms with Crippen LogP contribution in [0.25, 0.3) is 5.65 Å². The molecule has 0 unspecified atom stereocenters. The molecule has 4 nitrogen and oxygen atoms in total. The van der Waals surface area contributed by atoms with Crippen LogP contribution in [-0.4, -0.2) is 21.8 Å². The van der Waals surface area contributed by atoms with Crippen LogP contribution in [0, 0.1) is 0 Å². The van der Waals surface area contributed by atoms with E-state index < -0.39 is 0 Å². The van der Waals surface area contributed by atoms with Crippen molar-refractivity contribution in [3.05, 3.63) is 66.6 Å². The standard InChI is InChI=1S/C16H15N3O/c1-2-19(13-8-4-3-5-9-13)16(20)14-12-18-11-7-6-10-15(18)17-14/h3-12H,2H2,1H3. The lowest BCUT2D eigenvalue weighted by Crippen LogP contribution is -2.30. The van der Waals surface area contributed by atoms with E-state index in [1.165, 1.54) is 0 Å². The van der Waals surface area contributed by atoms with Crippen LogP contribution < -0.4 is 4.90 Å². The molecule has 0 fully saturated rings. The lowest BCUT2D eigenvalue weighted by atomic mass is 10.2.